The van der Waals surface area contributed by atoms with Crippen LogP contribution in [0.3, 0.4) is 0 Å². The van der Waals surface area contributed by atoms with Gasteiger partial charge < -0.3 is 10.0 Å². The number of likely N-dealkylation sites (tertiary alicyclic amines) is 1. The number of aliphatic hydroxyl groups excluding tert-OH is 1. The summed E-state index contributed by atoms with van der Waals surface area (Å²) in [7, 11) is 0. The maximum absolute atomic E-state index is 12.0. The van der Waals surface area contributed by atoms with Crippen molar-refractivity contribution in [1.29, 1.82) is 0 Å². The third-order valence-corrected chi connectivity index (χ3v) is 3.19. The quantitative estimate of drug-likeness (QED) is 0.811. The molecular weight excluding hydrogens is 230 g/mol. The highest BCUT2D eigenvalue weighted by Crippen LogP contribution is 2.12. The van der Waals surface area contributed by atoms with Crippen LogP contribution in [-0.2, 0) is 11.2 Å². The molecule has 1 N–H and O–H groups in total. The number of carbonyl (C=O) groups excluding carboxylic acids is 2. The second kappa shape index (κ2) is 5.78. The van der Waals surface area contributed by atoms with Crippen molar-refractivity contribution >= 4 is 12.2 Å². The molecule has 1 amide bonds. The average molecular weight is 247 g/mol. The molecule has 1 aromatic rings. The van der Waals surface area contributed by atoms with E-state index in [2.05, 4.69) is 0 Å². The Labute approximate surface area is 106 Å². The molecule has 0 spiro atoms. The van der Waals surface area contributed by atoms with Crippen LogP contribution in [-0.4, -0.2) is 41.4 Å². The molecule has 18 heavy (non-hydrogen) atoms. The third-order valence-electron chi connectivity index (χ3n) is 3.19. The number of piperidine rings is 1. The van der Waals surface area contributed by atoms with Crippen LogP contribution in [0.5, 0.6) is 0 Å². The molecule has 1 fully saturated rings. The van der Waals surface area contributed by atoms with Crippen LogP contribution in [0.4, 0.5) is 0 Å². The van der Waals surface area contributed by atoms with E-state index in [-0.39, 0.29) is 12.3 Å². The summed E-state index contributed by atoms with van der Waals surface area (Å²) in [6, 6.07) is 7.06. The summed E-state index contributed by atoms with van der Waals surface area (Å²) in [5.41, 5.74) is 1.42. The number of benzene rings is 1. The summed E-state index contributed by atoms with van der Waals surface area (Å²) < 4.78 is 0. The van der Waals surface area contributed by atoms with Crippen molar-refractivity contribution in [2.24, 2.45) is 0 Å². The molecule has 2 rings (SSSR count). The first-order chi connectivity index (χ1) is 8.69. The molecule has 0 bridgehead atoms. The normalized spacial score (nSPS) is 19.6. The third kappa shape index (κ3) is 3.17. The molecule has 1 heterocycles. The maximum Gasteiger partial charge on any atom is 0.227 e. The zero-order valence-electron chi connectivity index (χ0n) is 10.2. The van der Waals surface area contributed by atoms with E-state index in [4.69, 9.17) is 0 Å². The number of amides is 1. The van der Waals surface area contributed by atoms with Crippen molar-refractivity contribution in [3.8, 4) is 0 Å². The molecule has 4 heteroatoms. The topological polar surface area (TPSA) is 57.6 Å². The van der Waals surface area contributed by atoms with Crippen LogP contribution >= 0.6 is 0 Å². The van der Waals surface area contributed by atoms with Crippen LogP contribution in [0.1, 0.15) is 28.8 Å². The van der Waals surface area contributed by atoms with Gasteiger partial charge in [-0.2, -0.15) is 0 Å². The maximum atomic E-state index is 12.0. The fraction of sp³-hybridized carbons (Fsp3) is 0.429. The van der Waals surface area contributed by atoms with Gasteiger partial charge in [0.1, 0.15) is 6.29 Å². The zero-order valence-corrected chi connectivity index (χ0v) is 10.2. The fourth-order valence-corrected chi connectivity index (χ4v) is 2.24. The molecule has 1 aromatic carbocycles. The van der Waals surface area contributed by atoms with Gasteiger partial charge in [-0.15, -0.1) is 0 Å². The van der Waals surface area contributed by atoms with Gasteiger partial charge in [0, 0.05) is 18.7 Å². The molecule has 1 aliphatic rings. The predicted octanol–water partition coefficient (Wildman–Crippen LogP) is 1.02. The lowest BCUT2D eigenvalue weighted by atomic mass is 10.1. The summed E-state index contributed by atoms with van der Waals surface area (Å²) in [6.07, 6.45) is 2.28. The standard InChI is InChI=1S/C14H17NO3/c16-10-12-4-1-3-11(7-12)8-14(18)15-6-2-5-13(17)9-15/h1,3-4,7,10,13,17H,2,5-6,8-9H2. The Balaban J connectivity index is 1.99. The summed E-state index contributed by atoms with van der Waals surface area (Å²) in [4.78, 5) is 24.4. The van der Waals surface area contributed by atoms with E-state index >= 15 is 0 Å². The van der Waals surface area contributed by atoms with Gasteiger partial charge in [-0.05, 0) is 24.5 Å². The number of aliphatic hydroxyl groups is 1. The molecule has 1 aliphatic heterocycles. The number of β-amino-alcohol motifs (C(OH)–C–C–N with tert-alkyl or cyclic N) is 1. The Hall–Kier alpha value is -1.68. The number of aldehydes is 1. The molecular formula is C14H17NO3. The number of hydrogen-bond acceptors (Lipinski definition) is 3. The fourth-order valence-electron chi connectivity index (χ4n) is 2.24. The van der Waals surface area contributed by atoms with E-state index in [9.17, 15) is 14.7 Å². The lowest BCUT2D eigenvalue weighted by Gasteiger charge is -2.30. The van der Waals surface area contributed by atoms with Gasteiger partial charge in [0.05, 0.1) is 12.5 Å². The number of nitrogens with zero attached hydrogens (tertiary/aromatic N) is 1. The predicted molar refractivity (Wildman–Crippen MR) is 67.4 cm³/mol. The smallest absolute Gasteiger partial charge is 0.227 e. The molecule has 0 radical (unpaired) electrons. The second-order valence-corrected chi connectivity index (χ2v) is 4.68. The molecule has 1 atom stereocenters. The minimum Gasteiger partial charge on any atom is -0.391 e. The number of carbonyl (C=O) groups is 2. The van der Waals surface area contributed by atoms with Crippen molar-refractivity contribution < 1.29 is 14.7 Å². The van der Waals surface area contributed by atoms with Gasteiger partial charge in [-0.1, -0.05) is 18.2 Å². The van der Waals surface area contributed by atoms with Gasteiger partial charge in [0.25, 0.3) is 0 Å². The summed E-state index contributed by atoms with van der Waals surface area (Å²) in [5, 5.41) is 9.54. The van der Waals surface area contributed by atoms with Crippen LogP contribution < -0.4 is 0 Å². The summed E-state index contributed by atoms with van der Waals surface area (Å²) >= 11 is 0. The highest BCUT2D eigenvalue weighted by molar-refractivity contribution is 5.80. The van der Waals surface area contributed by atoms with Gasteiger partial charge in [-0.25, -0.2) is 0 Å². The Kier molecular flexibility index (Phi) is 4.10. The lowest BCUT2D eigenvalue weighted by molar-refractivity contribution is -0.133. The van der Waals surface area contributed by atoms with Gasteiger partial charge in [0.15, 0.2) is 0 Å². The molecule has 4 nitrogen and oxygen atoms in total. The van der Waals surface area contributed by atoms with Crippen molar-refractivity contribution in [2.45, 2.75) is 25.4 Å². The number of hydrogen-bond donors (Lipinski definition) is 1. The Morgan fingerprint density at radius 1 is 1.50 bits per heavy atom. The van der Waals surface area contributed by atoms with Crippen molar-refractivity contribution in [1.82, 2.24) is 4.90 Å². The van der Waals surface area contributed by atoms with E-state index in [0.29, 0.717) is 18.7 Å². The van der Waals surface area contributed by atoms with Crippen LogP contribution in [0.15, 0.2) is 24.3 Å². The van der Waals surface area contributed by atoms with Gasteiger partial charge >= 0.3 is 0 Å². The minimum atomic E-state index is -0.399. The highest BCUT2D eigenvalue weighted by atomic mass is 16.3. The van der Waals surface area contributed by atoms with E-state index in [0.717, 1.165) is 24.7 Å². The van der Waals surface area contributed by atoms with Crippen LogP contribution in [0.2, 0.25) is 0 Å². The summed E-state index contributed by atoms with van der Waals surface area (Å²) in [5.74, 6) is 0.0109. The van der Waals surface area contributed by atoms with Crippen molar-refractivity contribution in [3.63, 3.8) is 0 Å². The molecule has 0 aromatic heterocycles. The largest absolute Gasteiger partial charge is 0.391 e. The highest BCUT2D eigenvalue weighted by Gasteiger charge is 2.21. The monoisotopic (exact) mass is 247 g/mol. The van der Waals surface area contributed by atoms with E-state index in [1.54, 1.807) is 23.1 Å². The van der Waals surface area contributed by atoms with E-state index in [1.165, 1.54) is 0 Å². The molecule has 1 unspecified atom stereocenters. The first-order valence-electron chi connectivity index (χ1n) is 6.19. The minimum absolute atomic E-state index is 0.0109. The van der Waals surface area contributed by atoms with Crippen molar-refractivity contribution in [2.75, 3.05) is 13.1 Å². The summed E-state index contributed by atoms with van der Waals surface area (Å²) in [6.45, 7) is 1.13. The van der Waals surface area contributed by atoms with Gasteiger partial charge in [-0.3, -0.25) is 9.59 Å². The van der Waals surface area contributed by atoms with Crippen LogP contribution in [0, 0.1) is 0 Å². The number of rotatable bonds is 3. The first kappa shape index (κ1) is 12.8. The Morgan fingerprint density at radius 3 is 3.06 bits per heavy atom. The van der Waals surface area contributed by atoms with Crippen LogP contribution in [0.25, 0.3) is 0 Å². The van der Waals surface area contributed by atoms with Gasteiger partial charge in [0.2, 0.25) is 5.91 Å². The zero-order chi connectivity index (χ0) is 13.0. The molecule has 96 valence electrons. The molecule has 0 aliphatic carbocycles. The first-order valence-corrected chi connectivity index (χ1v) is 6.19. The Morgan fingerprint density at radius 2 is 2.33 bits per heavy atom. The Bertz CT molecular complexity index is 444. The molecule has 1 saturated heterocycles. The molecule has 0 saturated carbocycles. The SMILES string of the molecule is O=Cc1cccc(CC(=O)N2CCCC(O)C2)c1. The second-order valence-electron chi connectivity index (χ2n) is 4.68. The average Bonchev–Trinajstić information content (AvgIpc) is 2.39. The van der Waals surface area contributed by atoms with E-state index < -0.39 is 6.10 Å². The van der Waals surface area contributed by atoms with E-state index in [1.807, 2.05) is 6.07 Å². The lowest BCUT2D eigenvalue weighted by Crippen LogP contribution is -2.42. The van der Waals surface area contributed by atoms with Crippen molar-refractivity contribution in [3.05, 3.63) is 35.4 Å².